The van der Waals surface area contributed by atoms with Crippen LogP contribution in [0.3, 0.4) is 0 Å². The van der Waals surface area contributed by atoms with Crippen molar-refractivity contribution in [1.82, 2.24) is 0 Å². The minimum Gasteiger partial charge on any atom is -0.341 e. The van der Waals surface area contributed by atoms with Crippen molar-refractivity contribution < 1.29 is 4.74 Å². The Balaban J connectivity index is 4.02. The molecule has 0 aliphatic rings. The molecule has 2 unspecified atom stereocenters. The van der Waals surface area contributed by atoms with Gasteiger partial charge in [0.25, 0.3) is 0 Å². The van der Waals surface area contributed by atoms with Gasteiger partial charge in [-0.15, -0.1) is 0 Å². The molecule has 0 spiro atoms. The fraction of sp³-hybridized carbons (Fsp3) is 1.00. The van der Waals surface area contributed by atoms with Gasteiger partial charge in [-0.1, -0.05) is 13.8 Å². The third-order valence-corrected chi connectivity index (χ3v) is 1.87. The summed E-state index contributed by atoms with van der Waals surface area (Å²) in [7, 11) is 0. The molecular weight excluding hydrogens is 140 g/mol. The molecule has 0 saturated carbocycles. The lowest BCUT2D eigenvalue weighted by Crippen LogP contribution is -2.51. The van der Waals surface area contributed by atoms with Crippen LogP contribution < -0.4 is 11.5 Å². The number of rotatable bonds is 4. The van der Waals surface area contributed by atoms with Crippen molar-refractivity contribution in [2.75, 3.05) is 0 Å². The zero-order valence-electron chi connectivity index (χ0n) is 7.98. The summed E-state index contributed by atoms with van der Waals surface area (Å²) in [4.78, 5) is 0. The van der Waals surface area contributed by atoms with E-state index in [0.717, 1.165) is 12.8 Å². The van der Waals surface area contributed by atoms with Crippen molar-refractivity contribution in [1.29, 1.82) is 0 Å². The van der Waals surface area contributed by atoms with Crippen LogP contribution in [0.2, 0.25) is 0 Å². The Morgan fingerprint density at radius 3 is 1.45 bits per heavy atom. The number of hydrogen-bond acceptors (Lipinski definition) is 3. The Bertz CT molecular complexity index is 107. The number of nitrogens with two attached hydrogens (primary N) is 2. The summed E-state index contributed by atoms with van der Waals surface area (Å²) in [5, 5.41) is 0. The first-order valence-electron chi connectivity index (χ1n) is 4.11. The summed E-state index contributed by atoms with van der Waals surface area (Å²) in [6.07, 6.45) is 1.53. The zero-order chi connectivity index (χ0) is 9.12. The van der Waals surface area contributed by atoms with Crippen LogP contribution in [0.15, 0.2) is 0 Å². The van der Waals surface area contributed by atoms with Gasteiger partial charge in [-0.05, 0) is 26.7 Å². The fourth-order valence-corrected chi connectivity index (χ4v) is 0.677. The van der Waals surface area contributed by atoms with Crippen molar-refractivity contribution in [3.8, 4) is 0 Å². The molecule has 0 radical (unpaired) electrons. The maximum absolute atomic E-state index is 5.78. The van der Waals surface area contributed by atoms with E-state index < -0.39 is 11.4 Å². The summed E-state index contributed by atoms with van der Waals surface area (Å²) in [6.45, 7) is 7.64. The largest absolute Gasteiger partial charge is 0.341 e. The molecule has 0 fully saturated rings. The van der Waals surface area contributed by atoms with E-state index in [0.29, 0.717) is 0 Å². The van der Waals surface area contributed by atoms with E-state index in [-0.39, 0.29) is 0 Å². The topological polar surface area (TPSA) is 61.3 Å². The molecule has 11 heavy (non-hydrogen) atoms. The second kappa shape index (κ2) is 3.52. The van der Waals surface area contributed by atoms with Crippen LogP contribution in [-0.4, -0.2) is 11.4 Å². The lowest BCUT2D eigenvalue weighted by Gasteiger charge is -2.34. The molecule has 0 bridgehead atoms. The van der Waals surface area contributed by atoms with Crippen LogP contribution >= 0.6 is 0 Å². The number of hydrogen-bond donors (Lipinski definition) is 2. The van der Waals surface area contributed by atoms with E-state index in [4.69, 9.17) is 16.2 Å². The van der Waals surface area contributed by atoms with Crippen LogP contribution in [0.1, 0.15) is 40.5 Å². The van der Waals surface area contributed by atoms with Gasteiger partial charge < -0.3 is 16.2 Å². The van der Waals surface area contributed by atoms with Crippen LogP contribution in [0, 0.1) is 0 Å². The smallest absolute Gasteiger partial charge is 0.116 e. The molecule has 0 rings (SSSR count). The second-order valence-electron chi connectivity index (χ2n) is 3.43. The second-order valence-corrected chi connectivity index (χ2v) is 3.43. The maximum Gasteiger partial charge on any atom is 0.116 e. The molecule has 4 N–H and O–H groups in total. The van der Waals surface area contributed by atoms with Crippen molar-refractivity contribution in [3.63, 3.8) is 0 Å². The third-order valence-electron chi connectivity index (χ3n) is 1.87. The Morgan fingerprint density at radius 1 is 1.00 bits per heavy atom. The van der Waals surface area contributed by atoms with Gasteiger partial charge in [0.05, 0.1) is 0 Å². The molecule has 0 aliphatic carbocycles. The van der Waals surface area contributed by atoms with Crippen molar-refractivity contribution >= 4 is 0 Å². The highest BCUT2D eigenvalue weighted by Crippen LogP contribution is 2.17. The van der Waals surface area contributed by atoms with Gasteiger partial charge in [0.1, 0.15) is 11.4 Å². The van der Waals surface area contributed by atoms with E-state index >= 15 is 0 Å². The van der Waals surface area contributed by atoms with E-state index in [1.54, 1.807) is 0 Å². The summed E-state index contributed by atoms with van der Waals surface area (Å²) in [5.74, 6) is 0. The molecule has 0 saturated heterocycles. The lowest BCUT2D eigenvalue weighted by molar-refractivity contribution is -0.138. The molecule has 0 aliphatic heterocycles. The molecule has 0 aromatic carbocycles. The molecular formula is C8H20N2O. The van der Waals surface area contributed by atoms with E-state index in [1.807, 2.05) is 27.7 Å². The fourth-order valence-electron chi connectivity index (χ4n) is 0.677. The van der Waals surface area contributed by atoms with E-state index in [2.05, 4.69) is 0 Å². The van der Waals surface area contributed by atoms with Crippen LogP contribution in [-0.2, 0) is 4.74 Å². The highest BCUT2D eigenvalue weighted by atomic mass is 16.5. The SMILES string of the molecule is CCC(C)(N)OC(C)(N)CC. The third kappa shape index (κ3) is 4.35. The standard InChI is InChI=1S/C8H20N2O/c1-5-7(3,9)11-8(4,10)6-2/h5-6,9-10H2,1-4H3. The highest BCUT2D eigenvalue weighted by Gasteiger charge is 2.26. The van der Waals surface area contributed by atoms with Gasteiger partial charge in [0.15, 0.2) is 0 Å². The zero-order valence-corrected chi connectivity index (χ0v) is 7.98. The van der Waals surface area contributed by atoms with Crippen LogP contribution in [0.5, 0.6) is 0 Å². The van der Waals surface area contributed by atoms with Crippen LogP contribution in [0.25, 0.3) is 0 Å². The molecule has 0 aromatic rings. The summed E-state index contributed by atoms with van der Waals surface area (Å²) >= 11 is 0. The normalized spacial score (nSPS) is 22.4. The lowest BCUT2D eigenvalue weighted by atomic mass is 10.1. The minimum atomic E-state index is -0.598. The monoisotopic (exact) mass is 160 g/mol. The molecule has 0 heterocycles. The van der Waals surface area contributed by atoms with Gasteiger partial charge >= 0.3 is 0 Å². The molecule has 0 aromatic heterocycles. The Hall–Kier alpha value is -0.120. The predicted octanol–water partition coefficient (Wildman–Crippen LogP) is 1.17. The molecule has 0 amide bonds. The number of ether oxygens (including phenoxy) is 1. The van der Waals surface area contributed by atoms with Crippen molar-refractivity contribution in [2.24, 2.45) is 11.5 Å². The summed E-state index contributed by atoms with van der Waals surface area (Å²) in [5.41, 5.74) is 10.4. The quantitative estimate of drug-likeness (QED) is 0.607. The van der Waals surface area contributed by atoms with Gasteiger partial charge in [0.2, 0.25) is 0 Å². The summed E-state index contributed by atoms with van der Waals surface area (Å²) in [6, 6.07) is 0. The maximum atomic E-state index is 5.78. The first-order valence-corrected chi connectivity index (χ1v) is 4.11. The Labute approximate surface area is 69.1 Å². The van der Waals surface area contributed by atoms with E-state index in [1.165, 1.54) is 0 Å². The minimum absolute atomic E-state index is 0.598. The first kappa shape index (κ1) is 10.9. The molecule has 68 valence electrons. The summed E-state index contributed by atoms with van der Waals surface area (Å²) < 4.78 is 5.48. The van der Waals surface area contributed by atoms with Gasteiger partial charge in [-0.3, -0.25) is 0 Å². The van der Waals surface area contributed by atoms with Crippen molar-refractivity contribution in [2.45, 2.75) is 52.0 Å². The average Bonchev–Trinajstić information content (AvgIpc) is 1.86. The van der Waals surface area contributed by atoms with Gasteiger partial charge in [-0.2, -0.15) is 0 Å². The Morgan fingerprint density at radius 2 is 1.27 bits per heavy atom. The van der Waals surface area contributed by atoms with E-state index in [9.17, 15) is 0 Å². The molecule has 3 heteroatoms. The highest BCUT2D eigenvalue weighted by molar-refractivity contribution is 4.72. The van der Waals surface area contributed by atoms with Crippen molar-refractivity contribution in [3.05, 3.63) is 0 Å². The predicted molar refractivity (Wildman–Crippen MR) is 46.9 cm³/mol. The Kier molecular flexibility index (Phi) is 3.48. The van der Waals surface area contributed by atoms with Gasteiger partial charge in [0, 0.05) is 0 Å². The van der Waals surface area contributed by atoms with Gasteiger partial charge in [-0.25, -0.2) is 0 Å². The molecule has 2 atom stereocenters. The molecule has 3 nitrogen and oxygen atoms in total. The first-order chi connectivity index (χ1) is 4.83. The average molecular weight is 160 g/mol. The van der Waals surface area contributed by atoms with Crippen LogP contribution in [0.4, 0.5) is 0 Å².